The number of benzene rings is 1. The van der Waals surface area contributed by atoms with Gasteiger partial charge in [0.05, 0.1) is 20.3 Å². The summed E-state index contributed by atoms with van der Waals surface area (Å²) in [5, 5.41) is 3.35. The van der Waals surface area contributed by atoms with E-state index < -0.39 is 0 Å². The van der Waals surface area contributed by atoms with Crippen LogP contribution >= 0.6 is 0 Å². The zero-order valence-electron chi connectivity index (χ0n) is 16.4. The Morgan fingerprint density at radius 1 is 1.19 bits per heavy atom. The average molecular weight is 378 g/mol. The first-order chi connectivity index (χ1) is 13.2. The van der Waals surface area contributed by atoms with Crippen LogP contribution in [0.5, 0.6) is 11.5 Å². The fourth-order valence-corrected chi connectivity index (χ4v) is 2.80. The van der Waals surface area contributed by atoms with Gasteiger partial charge >= 0.3 is 6.09 Å². The normalized spacial score (nSPS) is 14.7. The van der Waals surface area contributed by atoms with Gasteiger partial charge in [-0.25, -0.2) is 4.79 Å². The van der Waals surface area contributed by atoms with E-state index in [9.17, 15) is 4.79 Å². The number of amides is 1. The first-order valence-corrected chi connectivity index (χ1v) is 9.32. The summed E-state index contributed by atoms with van der Waals surface area (Å²) in [7, 11) is 3.41. The predicted molar refractivity (Wildman–Crippen MR) is 105 cm³/mol. The highest BCUT2D eigenvalue weighted by atomic mass is 16.6. The van der Waals surface area contributed by atoms with E-state index in [0.29, 0.717) is 26.3 Å². The van der Waals surface area contributed by atoms with Gasteiger partial charge in [-0.2, -0.15) is 0 Å². The summed E-state index contributed by atoms with van der Waals surface area (Å²) in [6.07, 6.45) is 0.605. The quantitative estimate of drug-likeness (QED) is 0.443. The molecule has 1 heterocycles. The molecule has 0 radical (unpaired) electrons. The molecule has 2 rings (SSSR count). The lowest BCUT2D eigenvalue weighted by Crippen LogP contribution is -2.54. The maximum atomic E-state index is 11.8. The number of rotatable bonds is 7. The summed E-state index contributed by atoms with van der Waals surface area (Å²) in [6.45, 7) is 6.33. The number of methoxy groups -OCH3 is 1. The highest BCUT2D eigenvalue weighted by molar-refractivity contribution is 5.80. The van der Waals surface area contributed by atoms with Crippen LogP contribution in [0.3, 0.4) is 0 Å². The molecule has 8 nitrogen and oxygen atoms in total. The number of piperazine rings is 1. The second kappa shape index (κ2) is 11.2. The van der Waals surface area contributed by atoms with Crippen molar-refractivity contribution in [3.63, 3.8) is 0 Å². The summed E-state index contributed by atoms with van der Waals surface area (Å²) in [5.41, 5.74) is 0. The van der Waals surface area contributed by atoms with E-state index in [1.807, 2.05) is 31.2 Å². The van der Waals surface area contributed by atoms with E-state index in [0.717, 1.165) is 43.5 Å². The minimum absolute atomic E-state index is 0.241. The van der Waals surface area contributed by atoms with Gasteiger partial charge in [-0.1, -0.05) is 6.07 Å². The molecule has 150 valence electrons. The van der Waals surface area contributed by atoms with Gasteiger partial charge in [0.2, 0.25) is 0 Å². The van der Waals surface area contributed by atoms with Gasteiger partial charge in [-0.05, 0) is 25.5 Å². The van der Waals surface area contributed by atoms with Crippen LogP contribution in [-0.4, -0.2) is 81.9 Å². The highest BCUT2D eigenvalue weighted by Crippen LogP contribution is 2.18. The number of nitrogens with zero attached hydrogens (tertiary/aromatic N) is 3. The molecule has 0 aliphatic carbocycles. The zero-order chi connectivity index (χ0) is 19.5. The van der Waals surface area contributed by atoms with Crippen molar-refractivity contribution in [1.82, 2.24) is 15.1 Å². The molecule has 0 bridgehead atoms. The van der Waals surface area contributed by atoms with Gasteiger partial charge in [0, 0.05) is 45.8 Å². The Balaban J connectivity index is 1.66. The lowest BCUT2D eigenvalue weighted by molar-refractivity contribution is 0.0914. The Morgan fingerprint density at radius 3 is 2.56 bits per heavy atom. The monoisotopic (exact) mass is 378 g/mol. The predicted octanol–water partition coefficient (Wildman–Crippen LogP) is 1.81. The van der Waals surface area contributed by atoms with E-state index >= 15 is 0 Å². The molecule has 1 aliphatic rings. The van der Waals surface area contributed by atoms with Crippen LogP contribution in [0.4, 0.5) is 4.79 Å². The van der Waals surface area contributed by atoms with Gasteiger partial charge in [0.25, 0.3) is 0 Å². The van der Waals surface area contributed by atoms with Gasteiger partial charge in [0.1, 0.15) is 11.5 Å². The molecule has 0 saturated carbocycles. The largest absolute Gasteiger partial charge is 0.497 e. The Morgan fingerprint density at radius 2 is 1.89 bits per heavy atom. The SMILES string of the molecule is CCOC(=O)N1CCN(C(=NC)NCCCOc2cccc(OC)c2)CC1. The van der Waals surface area contributed by atoms with Crippen molar-refractivity contribution in [3.05, 3.63) is 24.3 Å². The molecule has 0 aromatic heterocycles. The van der Waals surface area contributed by atoms with E-state index in [1.54, 1.807) is 19.1 Å². The second-order valence-electron chi connectivity index (χ2n) is 6.03. The van der Waals surface area contributed by atoms with Crippen LogP contribution in [0.15, 0.2) is 29.3 Å². The zero-order valence-corrected chi connectivity index (χ0v) is 16.4. The van der Waals surface area contributed by atoms with Gasteiger partial charge < -0.3 is 29.3 Å². The van der Waals surface area contributed by atoms with Crippen molar-refractivity contribution in [3.8, 4) is 11.5 Å². The molecular weight excluding hydrogens is 348 g/mol. The summed E-state index contributed by atoms with van der Waals surface area (Å²) in [6, 6.07) is 7.58. The van der Waals surface area contributed by atoms with Crippen LogP contribution in [0.25, 0.3) is 0 Å². The standard InChI is InChI=1S/C19H30N4O4/c1-4-26-19(24)23-12-10-22(11-13-23)18(20-2)21-9-6-14-27-17-8-5-7-16(15-17)25-3/h5,7-8,15H,4,6,9-14H2,1-3H3,(H,20,21). The molecule has 1 N–H and O–H groups in total. The summed E-state index contributed by atoms with van der Waals surface area (Å²) < 4.78 is 16.0. The third-order valence-electron chi connectivity index (χ3n) is 4.23. The maximum Gasteiger partial charge on any atom is 0.409 e. The molecule has 27 heavy (non-hydrogen) atoms. The second-order valence-corrected chi connectivity index (χ2v) is 6.03. The smallest absolute Gasteiger partial charge is 0.409 e. The molecule has 8 heteroatoms. The number of carbonyl (C=O) groups is 1. The number of hydrogen-bond donors (Lipinski definition) is 1. The number of ether oxygens (including phenoxy) is 3. The van der Waals surface area contributed by atoms with E-state index in [-0.39, 0.29) is 6.09 Å². The summed E-state index contributed by atoms with van der Waals surface area (Å²) in [4.78, 5) is 20.0. The van der Waals surface area contributed by atoms with Crippen molar-refractivity contribution in [1.29, 1.82) is 0 Å². The number of hydrogen-bond acceptors (Lipinski definition) is 5. The minimum atomic E-state index is -0.241. The third-order valence-corrected chi connectivity index (χ3v) is 4.23. The first kappa shape index (κ1) is 20.7. The Kier molecular flexibility index (Phi) is 8.54. The Labute approximate surface area is 161 Å². The fourth-order valence-electron chi connectivity index (χ4n) is 2.80. The average Bonchev–Trinajstić information content (AvgIpc) is 2.71. The topological polar surface area (TPSA) is 75.6 Å². The third kappa shape index (κ3) is 6.54. The van der Waals surface area contributed by atoms with Gasteiger partial charge in [-0.3, -0.25) is 4.99 Å². The molecule has 1 fully saturated rings. The minimum Gasteiger partial charge on any atom is -0.497 e. The number of carbonyl (C=O) groups excluding carboxylic acids is 1. The molecule has 0 atom stereocenters. The van der Waals surface area contributed by atoms with Crippen molar-refractivity contribution >= 4 is 12.1 Å². The van der Waals surface area contributed by atoms with Crippen LogP contribution in [0.2, 0.25) is 0 Å². The first-order valence-electron chi connectivity index (χ1n) is 9.32. The Hall–Kier alpha value is -2.64. The molecule has 1 saturated heterocycles. The molecular formula is C19H30N4O4. The van der Waals surface area contributed by atoms with E-state index in [4.69, 9.17) is 14.2 Å². The van der Waals surface area contributed by atoms with Crippen LogP contribution < -0.4 is 14.8 Å². The van der Waals surface area contributed by atoms with Crippen LogP contribution in [0.1, 0.15) is 13.3 Å². The van der Waals surface area contributed by atoms with Gasteiger partial charge in [0.15, 0.2) is 5.96 Å². The molecule has 0 spiro atoms. The van der Waals surface area contributed by atoms with Crippen molar-refractivity contribution in [2.75, 3.05) is 60.1 Å². The fraction of sp³-hybridized carbons (Fsp3) is 0.579. The lowest BCUT2D eigenvalue weighted by Gasteiger charge is -2.35. The Bertz CT molecular complexity index is 615. The molecule has 1 aromatic carbocycles. The summed E-state index contributed by atoms with van der Waals surface area (Å²) in [5.74, 6) is 2.43. The lowest BCUT2D eigenvalue weighted by atomic mass is 10.3. The highest BCUT2D eigenvalue weighted by Gasteiger charge is 2.23. The van der Waals surface area contributed by atoms with Crippen LogP contribution in [-0.2, 0) is 4.74 Å². The number of guanidine groups is 1. The molecule has 1 aliphatic heterocycles. The van der Waals surface area contributed by atoms with Crippen molar-refractivity contribution < 1.29 is 19.0 Å². The number of aliphatic imine (C=N–C) groups is 1. The molecule has 1 amide bonds. The summed E-state index contributed by atoms with van der Waals surface area (Å²) >= 11 is 0. The van der Waals surface area contributed by atoms with E-state index in [2.05, 4.69) is 15.2 Å². The maximum absolute atomic E-state index is 11.8. The molecule has 1 aromatic rings. The number of nitrogens with one attached hydrogen (secondary N) is 1. The van der Waals surface area contributed by atoms with Crippen LogP contribution in [0, 0.1) is 0 Å². The van der Waals surface area contributed by atoms with Crippen molar-refractivity contribution in [2.24, 2.45) is 4.99 Å². The van der Waals surface area contributed by atoms with Gasteiger partial charge in [-0.15, -0.1) is 0 Å². The molecule has 0 unspecified atom stereocenters. The van der Waals surface area contributed by atoms with E-state index in [1.165, 1.54) is 0 Å². The van der Waals surface area contributed by atoms with Crippen molar-refractivity contribution in [2.45, 2.75) is 13.3 Å².